The Morgan fingerprint density at radius 3 is 2.52 bits per heavy atom. The zero-order valence-corrected chi connectivity index (χ0v) is 15.1. The van der Waals surface area contributed by atoms with Crippen molar-refractivity contribution < 1.29 is 13.9 Å². The third-order valence-corrected chi connectivity index (χ3v) is 5.00. The van der Waals surface area contributed by atoms with Crippen LogP contribution in [0.4, 0.5) is 4.39 Å². The second-order valence-electron chi connectivity index (χ2n) is 6.78. The Bertz CT molecular complexity index is 834. The summed E-state index contributed by atoms with van der Waals surface area (Å²) in [6.45, 7) is 2.96. The minimum Gasteiger partial charge on any atom is -0.379 e. The average molecular weight is 367 g/mol. The molecule has 2 aromatic carbocycles. The number of benzene rings is 2. The maximum atomic E-state index is 14.5. The van der Waals surface area contributed by atoms with Gasteiger partial charge >= 0.3 is 0 Å². The topological polar surface area (TPSA) is 45.1 Å². The van der Waals surface area contributed by atoms with Crippen LogP contribution in [0.5, 0.6) is 0 Å². The molecule has 140 valence electrons. The Kier molecular flexibility index (Phi) is 5.27. The lowest BCUT2D eigenvalue weighted by Gasteiger charge is -2.29. The van der Waals surface area contributed by atoms with E-state index in [-0.39, 0.29) is 18.3 Å². The molecule has 2 aliphatic rings. The largest absolute Gasteiger partial charge is 0.379 e. The first kappa shape index (κ1) is 17.8. The maximum absolute atomic E-state index is 14.5. The SMILES string of the molecule is O=C(CN1CCOCC1)N1N=C(c2ccccc2)CC1c1ccccc1F. The van der Waals surface area contributed by atoms with E-state index in [0.29, 0.717) is 25.2 Å². The van der Waals surface area contributed by atoms with Gasteiger partial charge in [0, 0.05) is 25.1 Å². The molecule has 1 amide bonds. The average Bonchev–Trinajstić information content (AvgIpc) is 3.15. The minimum atomic E-state index is -0.421. The zero-order valence-electron chi connectivity index (χ0n) is 15.1. The highest BCUT2D eigenvalue weighted by molar-refractivity contribution is 6.03. The van der Waals surface area contributed by atoms with Gasteiger partial charge in [0.15, 0.2) is 0 Å². The molecule has 1 fully saturated rings. The summed E-state index contributed by atoms with van der Waals surface area (Å²) in [6, 6.07) is 15.9. The van der Waals surface area contributed by atoms with Crippen LogP contribution in [0.3, 0.4) is 0 Å². The molecular formula is C21H22FN3O2. The van der Waals surface area contributed by atoms with Gasteiger partial charge in [0.2, 0.25) is 0 Å². The van der Waals surface area contributed by atoms with Crippen molar-refractivity contribution in [3.05, 3.63) is 71.5 Å². The molecule has 0 radical (unpaired) electrons. The summed E-state index contributed by atoms with van der Waals surface area (Å²) in [5.41, 5.74) is 2.27. The van der Waals surface area contributed by atoms with Gasteiger partial charge in [0.1, 0.15) is 5.82 Å². The number of amides is 1. The lowest BCUT2D eigenvalue weighted by atomic mass is 9.98. The van der Waals surface area contributed by atoms with Crippen molar-refractivity contribution in [2.45, 2.75) is 12.5 Å². The predicted octanol–water partition coefficient (Wildman–Crippen LogP) is 2.84. The Balaban J connectivity index is 1.61. The van der Waals surface area contributed by atoms with Gasteiger partial charge < -0.3 is 4.74 Å². The molecule has 0 aromatic heterocycles. The molecule has 0 saturated carbocycles. The summed E-state index contributed by atoms with van der Waals surface area (Å²) in [4.78, 5) is 15.1. The number of morpholine rings is 1. The first-order chi connectivity index (χ1) is 13.2. The van der Waals surface area contributed by atoms with E-state index in [0.717, 1.165) is 24.4 Å². The van der Waals surface area contributed by atoms with Crippen LogP contribution in [-0.2, 0) is 9.53 Å². The molecule has 0 aliphatic carbocycles. The maximum Gasteiger partial charge on any atom is 0.257 e. The minimum absolute atomic E-state index is 0.115. The first-order valence-corrected chi connectivity index (χ1v) is 9.22. The van der Waals surface area contributed by atoms with Crippen molar-refractivity contribution in [2.24, 2.45) is 5.10 Å². The van der Waals surface area contributed by atoms with Crippen LogP contribution < -0.4 is 0 Å². The van der Waals surface area contributed by atoms with Crippen molar-refractivity contribution in [2.75, 3.05) is 32.8 Å². The Morgan fingerprint density at radius 1 is 1.07 bits per heavy atom. The number of carbonyl (C=O) groups is 1. The van der Waals surface area contributed by atoms with Crippen LogP contribution in [0.25, 0.3) is 0 Å². The normalized spacial score (nSPS) is 20.6. The zero-order chi connectivity index (χ0) is 18.6. The van der Waals surface area contributed by atoms with E-state index in [1.165, 1.54) is 11.1 Å². The molecule has 0 N–H and O–H groups in total. The highest BCUT2D eigenvalue weighted by Gasteiger charge is 2.35. The van der Waals surface area contributed by atoms with Crippen LogP contribution in [0.2, 0.25) is 0 Å². The van der Waals surface area contributed by atoms with E-state index >= 15 is 0 Å². The summed E-state index contributed by atoms with van der Waals surface area (Å²) in [5.74, 6) is -0.424. The molecule has 27 heavy (non-hydrogen) atoms. The summed E-state index contributed by atoms with van der Waals surface area (Å²) in [6.07, 6.45) is 0.500. The highest BCUT2D eigenvalue weighted by Crippen LogP contribution is 2.34. The lowest BCUT2D eigenvalue weighted by molar-refractivity contribution is -0.135. The van der Waals surface area contributed by atoms with Crippen LogP contribution in [-0.4, -0.2) is 54.4 Å². The number of hydrogen-bond donors (Lipinski definition) is 0. The van der Waals surface area contributed by atoms with Gasteiger partial charge in [-0.2, -0.15) is 5.10 Å². The van der Waals surface area contributed by atoms with E-state index in [1.54, 1.807) is 18.2 Å². The van der Waals surface area contributed by atoms with E-state index in [2.05, 4.69) is 10.0 Å². The molecule has 0 bridgehead atoms. The number of hydrogen-bond acceptors (Lipinski definition) is 4. The van der Waals surface area contributed by atoms with Gasteiger partial charge in [-0.3, -0.25) is 9.69 Å². The number of nitrogens with zero attached hydrogens (tertiary/aromatic N) is 3. The molecule has 2 heterocycles. The second kappa shape index (κ2) is 7.98. The van der Waals surface area contributed by atoms with Crippen LogP contribution >= 0.6 is 0 Å². The fourth-order valence-corrected chi connectivity index (χ4v) is 3.56. The van der Waals surface area contributed by atoms with Crippen molar-refractivity contribution in [1.82, 2.24) is 9.91 Å². The van der Waals surface area contributed by atoms with Crippen LogP contribution in [0.15, 0.2) is 59.7 Å². The van der Waals surface area contributed by atoms with Gasteiger partial charge in [-0.25, -0.2) is 9.40 Å². The third-order valence-electron chi connectivity index (χ3n) is 5.00. The Labute approximate surface area is 158 Å². The van der Waals surface area contributed by atoms with Crippen molar-refractivity contribution in [1.29, 1.82) is 0 Å². The van der Waals surface area contributed by atoms with Gasteiger partial charge in [-0.1, -0.05) is 48.5 Å². The quantitative estimate of drug-likeness (QED) is 0.835. The van der Waals surface area contributed by atoms with Crippen molar-refractivity contribution in [3.8, 4) is 0 Å². The molecule has 4 rings (SSSR count). The van der Waals surface area contributed by atoms with E-state index in [9.17, 15) is 9.18 Å². The van der Waals surface area contributed by atoms with Crippen molar-refractivity contribution in [3.63, 3.8) is 0 Å². The Morgan fingerprint density at radius 2 is 1.78 bits per heavy atom. The number of hydrazone groups is 1. The molecule has 1 saturated heterocycles. The number of halogens is 1. The molecule has 2 aromatic rings. The van der Waals surface area contributed by atoms with Gasteiger partial charge in [-0.15, -0.1) is 0 Å². The fourth-order valence-electron chi connectivity index (χ4n) is 3.56. The van der Waals surface area contributed by atoms with Crippen molar-refractivity contribution >= 4 is 11.6 Å². The standard InChI is InChI=1S/C21H22FN3O2/c22-18-9-5-4-8-17(18)20-14-19(16-6-2-1-3-7-16)23-25(20)21(26)15-24-10-12-27-13-11-24/h1-9,20H,10-15H2. The molecule has 2 aliphatic heterocycles. The number of rotatable bonds is 4. The van der Waals surface area contributed by atoms with Gasteiger partial charge in [-0.05, 0) is 11.6 Å². The van der Waals surface area contributed by atoms with Crippen LogP contribution in [0.1, 0.15) is 23.6 Å². The highest BCUT2D eigenvalue weighted by atomic mass is 19.1. The summed E-state index contributed by atoms with van der Waals surface area (Å²) in [5, 5.41) is 6.07. The molecule has 1 unspecified atom stereocenters. The fraction of sp³-hybridized carbons (Fsp3) is 0.333. The molecule has 6 heteroatoms. The molecule has 5 nitrogen and oxygen atoms in total. The Hall–Kier alpha value is -2.57. The number of carbonyl (C=O) groups excluding carboxylic acids is 1. The number of ether oxygens (including phenoxy) is 1. The van der Waals surface area contributed by atoms with E-state index < -0.39 is 6.04 Å². The van der Waals surface area contributed by atoms with Gasteiger partial charge in [0.05, 0.1) is 31.5 Å². The van der Waals surface area contributed by atoms with E-state index in [1.807, 2.05) is 30.3 Å². The summed E-state index contributed by atoms with van der Waals surface area (Å²) >= 11 is 0. The molecule has 0 spiro atoms. The van der Waals surface area contributed by atoms with Gasteiger partial charge in [0.25, 0.3) is 5.91 Å². The monoisotopic (exact) mass is 367 g/mol. The molecular weight excluding hydrogens is 345 g/mol. The molecule has 1 atom stereocenters. The summed E-state index contributed by atoms with van der Waals surface area (Å²) < 4.78 is 19.8. The van der Waals surface area contributed by atoms with Crippen LogP contribution in [0, 0.1) is 5.82 Å². The smallest absolute Gasteiger partial charge is 0.257 e. The lowest BCUT2D eigenvalue weighted by Crippen LogP contribution is -2.43. The first-order valence-electron chi connectivity index (χ1n) is 9.22. The van der Waals surface area contributed by atoms with E-state index in [4.69, 9.17) is 4.74 Å². The summed E-state index contributed by atoms with van der Waals surface area (Å²) in [7, 11) is 0. The second-order valence-corrected chi connectivity index (χ2v) is 6.78. The predicted molar refractivity (Wildman–Crippen MR) is 101 cm³/mol. The third kappa shape index (κ3) is 3.91.